The van der Waals surface area contributed by atoms with Crippen LogP contribution in [0.5, 0.6) is 0 Å². The van der Waals surface area contributed by atoms with E-state index in [1.165, 1.54) is 0 Å². The molecule has 0 N–H and O–H groups in total. The SMILES string of the molecule is CO/C(=C\N(C(=O)OCc1ccccc1)[Si](C)(C)C)O[Si](C)(C)C. The molecule has 1 rings (SSSR count). The number of methoxy groups -OCH3 is 1. The molecule has 0 atom stereocenters. The molecule has 0 unspecified atom stereocenters. The summed E-state index contributed by atoms with van der Waals surface area (Å²) in [6.45, 7) is 12.6. The summed E-state index contributed by atoms with van der Waals surface area (Å²) in [6, 6.07) is 9.63. The van der Waals surface area contributed by atoms with Crippen LogP contribution in [0.15, 0.2) is 42.5 Å². The molecule has 1 amide bonds. The molecule has 0 aliphatic carbocycles. The molecule has 0 aliphatic heterocycles. The van der Waals surface area contributed by atoms with Crippen molar-refractivity contribution < 1.29 is 18.7 Å². The summed E-state index contributed by atoms with van der Waals surface area (Å²) in [5, 5.41) is 0. The zero-order chi connectivity index (χ0) is 18.4. The molecule has 0 saturated heterocycles. The zero-order valence-corrected chi connectivity index (χ0v) is 17.8. The predicted molar refractivity (Wildman–Crippen MR) is 101 cm³/mol. The van der Waals surface area contributed by atoms with Crippen LogP contribution < -0.4 is 0 Å². The van der Waals surface area contributed by atoms with E-state index in [9.17, 15) is 4.79 Å². The van der Waals surface area contributed by atoms with Crippen LogP contribution in [0.1, 0.15) is 5.56 Å². The van der Waals surface area contributed by atoms with Gasteiger partial charge in [0.1, 0.15) is 6.61 Å². The van der Waals surface area contributed by atoms with E-state index >= 15 is 0 Å². The molecule has 0 aromatic heterocycles. The molecule has 0 fully saturated rings. The van der Waals surface area contributed by atoms with Crippen molar-refractivity contribution in [2.45, 2.75) is 45.9 Å². The van der Waals surface area contributed by atoms with Gasteiger partial charge in [-0.25, -0.2) is 4.79 Å². The Morgan fingerprint density at radius 1 is 1.08 bits per heavy atom. The molecular formula is C17H29NO4Si2. The van der Waals surface area contributed by atoms with Crippen molar-refractivity contribution in [1.82, 2.24) is 4.57 Å². The number of ether oxygens (including phenoxy) is 2. The molecule has 5 nitrogen and oxygen atoms in total. The zero-order valence-electron chi connectivity index (χ0n) is 15.8. The highest BCUT2D eigenvalue weighted by molar-refractivity contribution is 6.75. The topological polar surface area (TPSA) is 48.0 Å². The third-order valence-electron chi connectivity index (χ3n) is 2.97. The molecule has 1 aromatic carbocycles. The Bertz CT molecular complexity index is 562. The van der Waals surface area contributed by atoms with Crippen LogP contribution in [-0.2, 0) is 20.5 Å². The Balaban J connectivity index is 2.89. The van der Waals surface area contributed by atoms with E-state index in [1.807, 2.05) is 30.3 Å². The molecule has 0 bridgehead atoms. The molecule has 1 aromatic rings. The second kappa shape index (κ2) is 8.39. The molecule has 0 aliphatic rings. The number of carbonyl (C=O) groups excluding carboxylic acids is 1. The van der Waals surface area contributed by atoms with Gasteiger partial charge in [0, 0.05) is 0 Å². The summed E-state index contributed by atoms with van der Waals surface area (Å²) in [4.78, 5) is 12.6. The molecule has 0 heterocycles. The fourth-order valence-electron chi connectivity index (χ4n) is 1.84. The van der Waals surface area contributed by atoms with Crippen LogP contribution >= 0.6 is 0 Å². The van der Waals surface area contributed by atoms with Crippen molar-refractivity contribution in [2.24, 2.45) is 0 Å². The van der Waals surface area contributed by atoms with Gasteiger partial charge in [-0.3, -0.25) is 0 Å². The van der Waals surface area contributed by atoms with Crippen LogP contribution in [0.4, 0.5) is 4.79 Å². The fourth-order valence-corrected chi connectivity index (χ4v) is 3.68. The Hall–Kier alpha value is -1.74. The van der Waals surface area contributed by atoms with E-state index < -0.39 is 16.6 Å². The second-order valence-corrected chi connectivity index (χ2v) is 16.7. The van der Waals surface area contributed by atoms with Gasteiger partial charge in [-0.1, -0.05) is 50.0 Å². The third-order valence-corrected chi connectivity index (χ3v) is 5.54. The Labute approximate surface area is 147 Å². The highest BCUT2D eigenvalue weighted by atomic mass is 28.4. The summed E-state index contributed by atoms with van der Waals surface area (Å²) in [5.41, 5.74) is 0.954. The van der Waals surface area contributed by atoms with Crippen LogP contribution in [0.3, 0.4) is 0 Å². The minimum Gasteiger partial charge on any atom is -0.519 e. The number of carbonyl (C=O) groups is 1. The van der Waals surface area contributed by atoms with Crippen molar-refractivity contribution in [1.29, 1.82) is 0 Å². The minimum atomic E-state index is -2.00. The van der Waals surface area contributed by atoms with E-state index in [1.54, 1.807) is 17.9 Å². The van der Waals surface area contributed by atoms with Gasteiger partial charge in [0.05, 0.1) is 13.3 Å². The van der Waals surface area contributed by atoms with E-state index in [0.717, 1.165) is 5.56 Å². The summed E-state index contributed by atoms with van der Waals surface area (Å²) in [7, 11) is -2.29. The average molecular weight is 368 g/mol. The van der Waals surface area contributed by atoms with Gasteiger partial charge < -0.3 is 18.5 Å². The van der Waals surface area contributed by atoms with Gasteiger partial charge in [-0.15, -0.1) is 0 Å². The molecular weight excluding hydrogens is 338 g/mol. The first-order chi connectivity index (χ1) is 11.0. The minimum absolute atomic E-state index is 0.242. The summed E-state index contributed by atoms with van der Waals surface area (Å²) >= 11 is 0. The fraction of sp³-hybridized carbons (Fsp3) is 0.471. The normalized spacial score (nSPS) is 12.5. The summed E-state index contributed by atoms with van der Waals surface area (Å²) in [5.74, 6) is 0.355. The predicted octanol–water partition coefficient (Wildman–Crippen LogP) is 4.76. The van der Waals surface area contributed by atoms with Crippen LogP contribution in [0, 0.1) is 0 Å². The van der Waals surface area contributed by atoms with Crippen molar-refractivity contribution in [3.05, 3.63) is 48.0 Å². The lowest BCUT2D eigenvalue weighted by molar-refractivity contribution is 0.115. The molecule has 0 saturated carbocycles. The Morgan fingerprint density at radius 3 is 2.12 bits per heavy atom. The molecule has 24 heavy (non-hydrogen) atoms. The first-order valence-electron chi connectivity index (χ1n) is 7.98. The quantitative estimate of drug-likeness (QED) is 0.515. The molecule has 0 radical (unpaired) electrons. The van der Waals surface area contributed by atoms with Gasteiger partial charge >= 0.3 is 6.09 Å². The third kappa shape index (κ3) is 7.22. The molecule has 7 heteroatoms. The lowest BCUT2D eigenvalue weighted by Crippen LogP contribution is -2.47. The molecule has 0 spiro atoms. The monoisotopic (exact) mass is 367 g/mol. The smallest absolute Gasteiger partial charge is 0.406 e. The van der Waals surface area contributed by atoms with Crippen molar-refractivity contribution in [2.75, 3.05) is 7.11 Å². The number of benzene rings is 1. The van der Waals surface area contributed by atoms with Gasteiger partial charge in [-0.2, -0.15) is 0 Å². The van der Waals surface area contributed by atoms with E-state index in [4.69, 9.17) is 13.9 Å². The summed E-state index contributed by atoms with van der Waals surface area (Å²) in [6.07, 6.45) is 1.25. The van der Waals surface area contributed by atoms with E-state index in [0.29, 0.717) is 5.95 Å². The molecule has 134 valence electrons. The first-order valence-corrected chi connectivity index (χ1v) is 14.8. The number of rotatable bonds is 7. The van der Waals surface area contributed by atoms with Gasteiger partial charge in [-0.05, 0) is 25.2 Å². The average Bonchev–Trinajstić information content (AvgIpc) is 2.47. The highest BCUT2D eigenvalue weighted by Gasteiger charge is 2.30. The lowest BCUT2D eigenvalue weighted by Gasteiger charge is -2.31. The Morgan fingerprint density at radius 2 is 1.67 bits per heavy atom. The van der Waals surface area contributed by atoms with E-state index in [2.05, 4.69) is 39.3 Å². The van der Waals surface area contributed by atoms with E-state index in [-0.39, 0.29) is 12.7 Å². The maximum atomic E-state index is 12.6. The van der Waals surface area contributed by atoms with Gasteiger partial charge in [0.2, 0.25) is 8.32 Å². The first kappa shape index (κ1) is 20.3. The maximum Gasteiger partial charge on any atom is 0.406 e. The van der Waals surface area contributed by atoms with Crippen molar-refractivity contribution >= 4 is 22.6 Å². The Kier molecular flexibility index (Phi) is 7.10. The standard InChI is InChI=1S/C17H29NO4Si2/c1-20-16(22-24(5,6)7)13-18(23(2,3)4)17(19)21-14-15-11-9-8-10-12-15/h8-13H,14H2,1-7H3/b16-13+. The highest BCUT2D eigenvalue weighted by Crippen LogP contribution is 2.18. The summed E-state index contributed by atoms with van der Waals surface area (Å²) < 4.78 is 18.3. The maximum absolute atomic E-state index is 12.6. The second-order valence-electron chi connectivity index (χ2n) is 7.45. The van der Waals surface area contributed by atoms with Crippen LogP contribution in [-0.4, -0.2) is 34.3 Å². The van der Waals surface area contributed by atoms with Gasteiger partial charge in [0.25, 0.3) is 5.95 Å². The number of hydrogen-bond donors (Lipinski definition) is 0. The van der Waals surface area contributed by atoms with Crippen LogP contribution in [0.25, 0.3) is 0 Å². The number of hydrogen-bond acceptors (Lipinski definition) is 4. The van der Waals surface area contributed by atoms with Crippen molar-refractivity contribution in [3.8, 4) is 0 Å². The number of amides is 1. The number of nitrogens with zero attached hydrogens (tertiary/aromatic N) is 1. The van der Waals surface area contributed by atoms with Crippen LogP contribution in [0.2, 0.25) is 39.3 Å². The van der Waals surface area contributed by atoms with Gasteiger partial charge in [0.15, 0.2) is 8.24 Å². The largest absolute Gasteiger partial charge is 0.519 e. The lowest BCUT2D eigenvalue weighted by atomic mass is 10.2. The van der Waals surface area contributed by atoms with Crippen molar-refractivity contribution in [3.63, 3.8) is 0 Å².